The molecular weight excluding hydrogens is 220 g/mol. The number of H-pyrrole nitrogens is 1. The summed E-state index contributed by atoms with van der Waals surface area (Å²) in [5.74, 6) is -0.697. The highest BCUT2D eigenvalue weighted by Gasteiger charge is 2.15. The van der Waals surface area contributed by atoms with Crippen molar-refractivity contribution >= 4 is 17.0 Å². The number of benzene rings is 1. The van der Waals surface area contributed by atoms with E-state index in [1.165, 1.54) is 0 Å². The Morgan fingerprint density at radius 1 is 1.47 bits per heavy atom. The van der Waals surface area contributed by atoms with Crippen LogP contribution in [0.5, 0.6) is 0 Å². The van der Waals surface area contributed by atoms with Gasteiger partial charge in [0.2, 0.25) is 5.69 Å². The first-order valence-electron chi connectivity index (χ1n) is 5.30. The third kappa shape index (κ3) is 2.04. The smallest absolute Gasteiger partial charge is 0.362 e. The summed E-state index contributed by atoms with van der Waals surface area (Å²) in [5, 5.41) is 0. The molecular formula is C12H12N2O3. The van der Waals surface area contributed by atoms with Crippen LogP contribution in [0.1, 0.15) is 23.0 Å². The zero-order chi connectivity index (χ0) is 12.4. The highest BCUT2D eigenvalue weighted by Crippen LogP contribution is 2.12. The van der Waals surface area contributed by atoms with Crippen LogP contribution in [0.15, 0.2) is 23.0 Å². The number of nitrogens with zero attached hydrogens (tertiary/aromatic N) is 1. The van der Waals surface area contributed by atoms with Crippen molar-refractivity contribution in [2.24, 2.45) is 0 Å². The van der Waals surface area contributed by atoms with Crippen LogP contribution in [0.2, 0.25) is 0 Å². The van der Waals surface area contributed by atoms with Crippen LogP contribution >= 0.6 is 0 Å². The van der Waals surface area contributed by atoms with Crippen molar-refractivity contribution in [2.75, 3.05) is 6.61 Å². The Labute approximate surface area is 97.4 Å². The van der Waals surface area contributed by atoms with Crippen LogP contribution in [0.3, 0.4) is 0 Å². The minimum Gasteiger partial charge on any atom is -0.461 e. The van der Waals surface area contributed by atoms with Crippen molar-refractivity contribution in [3.8, 4) is 0 Å². The molecule has 0 amide bonds. The van der Waals surface area contributed by atoms with E-state index in [1.807, 2.05) is 19.1 Å². The summed E-state index contributed by atoms with van der Waals surface area (Å²) < 4.78 is 4.77. The molecule has 5 nitrogen and oxygen atoms in total. The molecule has 2 aromatic rings. The number of aromatic nitrogens is 2. The number of fused-ring (bicyclic) bond motifs is 1. The van der Waals surface area contributed by atoms with Gasteiger partial charge in [0, 0.05) is 0 Å². The molecule has 0 bridgehead atoms. The molecule has 17 heavy (non-hydrogen) atoms. The van der Waals surface area contributed by atoms with Gasteiger partial charge in [-0.3, -0.25) is 4.79 Å². The molecule has 1 aromatic heterocycles. The SMILES string of the molecule is CCOC(=O)c1nc2cccc(C)c2[nH]c1=O. The second-order valence-electron chi connectivity index (χ2n) is 3.60. The van der Waals surface area contributed by atoms with E-state index < -0.39 is 11.5 Å². The highest BCUT2D eigenvalue weighted by atomic mass is 16.5. The Hall–Kier alpha value is -2.17. The molecule has 0 atom stereocenters. The van der Waals surface area contributed by atoms with Gasteiger partial charge >= 0.3 is 5.97 Å². The number of carbonyl (C=O) groups is 1. The van der Waals surface area contributed by atoms with Crippen molar-refractivity contribution in [3.05, 3.63) is 39.8 Å². The lowest BCUT2D eigenvalue weighted by molar-refractivity contribution is 0.0517. The third-order valence-corrected chi connectivity index (χ3v) is 2.41. The largest absolute Gasteiger partial charge is 0.461 e. The Morgan fingerprint density at radius 3 is 2.94 bits per heavy atom. The van der Waals surface area contributed by atoms with E-state index >= 15 is 0 Å². The molecule has 0 radical (unpaired) electrons. The van der Waals surface area contributed by atoms with Gasteiger partial charge in [0.25, 0.3) is 5.56 Å². The molecule has 0 fully saturated rings. The Balaban J connectivity index is 2.64. The topological polar surface area (TPSA) is 72.0 Å². The minimum absolute atomic E-state index is 0.204. The van der Waals surface area contributed by atoms with E-state index in [0.717, 1.165) is 5.56 Å². The normalized spacial score (nSPS) is 10.5. The van der Waals surface area contributed by atoms with E-state index in [2.05, 4.69) is 9.97 Å². The molecule has 0 aliphatic heterocycles. The van der Waals surface area contributed by atoms with Gasteiger partial charge in [-0.05, 0) is 25.5 Å². The van der Waals surface area contributed by atoms with Gasteiger partial charge in [-0.2, -0.15) is 0 Å². The van der Waals surface area contributed by atoms with Gasteiger partial charge in [-0.25, -0.2) is 9.78 Å². The summed E-state index contributed by atoms with van der Waals surface area (Å²) in [5.41, 5.74) is 1.40. The number of rotatable bonds is 2. The number of nitrogens with one attached hydrogen (secondary N) is 1. The maximum absolute atomic E-state index is 11.7. The fourth-order valence-electron chi connectivity index (χ4n) is 1.59. The van der Waals surface area contributed by atoms with E-state index in [9.17, 15) is 9.59 Å². The molecule has 1 heterocycles. The molecule has 1 N–H and O–H groups in total. The lowest BCUT2D eigenvalue weighted by Crippen LogP contribution is -2.22. The second-order valence-corrected chi connectivity index (χ2v) is 3.60. The zero-order valence-corrected chi connectivity index (χ0v) is 9.61. The van der Waals surface area contributed by atoms with Gasteiger partial charge < -0.3 is 9.72 Å². The predicted octanol–water partition coefficient (Wildman–Crippen LogP) is 1.41. The van der Waals surface area contributed by atoms with Crippen molar-refractivity contribution in [2.45, 2.75) is 13.8 Å². The number of carbonyl (C=O) groups excluding carboxylic acids is 1. The van der Waals surface area contributed by atoms with Gasteiger partial charge in [0.15, 0.2) is 0 Å². The number of hydrogen-bond acceptors (Lipinski definition) is 4. The van der Waals surface area contributed by atoms with E-state index in [1.54, 1.807) is 13.0 Å². The molecule has 2 rings (SSSR count). The number of hydrogen-bond donors (Lipinski definition) is 1. The first-order valence-corrected chi connectivity index (χ1v) is 5.30. The van der Waals surface area contributed by atoms with Crippen molar-refractivity contribution < 1.29 is 9.53 Å². The number of aryl methyl sites for hydroxylation is 1. The molecule has 0 saturated carbocycles. The number of para-hydroxylation sites is 1. The first kappa shape index (κ1) is 11.3. The summed E-state index contributed by atoms with van der Waals surface area (Å²) >= 11 is 0. The van der Waals surface area contributed by atoms with Crippen LogP contribution < -0.4 is 5.56 Å². The molecule has 1 aromatic carbocycles. The van der Waals surface area contributed by atoms with Crippen LogP contribution in [0.25, 0.3) is 11.0 Å². The van der Waals surface area contributed by atoms with Crippen molar-refractivity contribution in [3.63, 3.8) is 0 Å². The van der Waals surface area contributed by atoms with Crippen molar-refractivity contribution in [1.29, 1.82) is 0 Å². The fraction of sp³-hybridized carbons (Fsp3) is 0.250. The summed E-state index contributed by atoms with van der Waals surface area (Å²) in [7, 11) is 0. The maximum Gasteiger partial charge on any atom is 0.362 e. The van der Waals surface area contributed by atoms with Gasteiger partial charge in [0.05, 0.1) is 17.6 Å². The Bertz CT molecular complexity index is 631. The van der Waals surface area contributed by atoms with Crippen LogP contribution in [-0.2, 0) is 4.74 Å². The van der Waals surface area contributed by atoms with Crippen LogP contribution in [-0.4, -0.2) is 22.5 Å². The fourth-order valence-corrected chi connectivity index (χ4v) is 1.59. The first-order chi connectivity index (χ1) is 8.13. The minimum atomic E-state index is -0.697. The number of aromatic amines is 1. The third-order valence-electron chi connectivity index (χ3n) is 2.41. The molecule has 88 valence electrons. The Morgan fingerprint density at radius 2 is 2.24 bits per heavy atom. The number of esters is 1. The summed E-state index contributed by atoms with van der Waals surface area (Å²) in [6.07, 6.45) is 0. The highest BCUT2D eigenvalue weighted by molar-refractivity contribution is 5.89. The van der Waals surface area contributed by atoms with E-state index in [0.29, 0.717) is 11.0 Å². The molecule has 0 aliphatic carbocycles. The summed E-state index contributed by atoms with van der Waals surface area (Å²) in [6, 6.07) is 5.42. The second kappa shape index (κ2) is 4.37. The monoisotopic (exact) mass is 232 g/mol. The van der Waals surface area contributed by atoms with Crippen LogP contribution in [0, 0.1) is 6.92 Å². The molecule has 5 heteroatoms. The van der Waals surface area contributed by atoms with E-state index in [-0.39, 0.29) is 12.3 Å². The van der Waals surface area contributed by atoms with Gasteiger partial charge in [-0.15, -0.1) is 0 Å². The lowest BCUT2D eigenvalue weighted by atomic mass is 10.2. The zero-order valence-electron chi connectivity index (χ0n) is 9.61. The molecule has 0 aliphatic rings. The van der Waals surface area contributed by atoms with Gasteiger partial charge in [0.1, 0.15) is 0 Å². The average Bonchev–Trinajstić information content (AvgIpc) is 2.30. The standard InChI is InChI=1S/C12H12N2O3/c1-3-17-12(16)10-11(15)14-9-7(2)5-4-6-8(9)13-10/h4-6H,3H2,1-2H3,(H,14,15). The molecule has 0 saturated heterocycles. The molecule has 0 spiro atoms. The predicted molar refractivity (Wildman–Crippen MR) is 63.1 cm³/mol. The Kier molecular flexibility index (Phi) is 2.91. The average molecular weight is 232 g/mol. The molecule has 0 unspecified atom stereocenters. The van der Waals surface area contributed by atoms with Crippen molar-refractivity contribution in [1.82, 2.24) is 9.97 Å². The maximum atomic E-state index is 11.7. The lowest BCUT2D eigenvalue weighted by Gasteiger charge is -2.03. The number of ether oxygens (including phenoxy) is 1. The van der Waals surface area contributed by atoms with E-state index in [4.69, 9.17) is 4.74 Å². The summed E-state index contributed by atoms with van der Waals surface area (Å²) in [4.78, 5) is 29.9. The van der Waals surface area contributed by atoms with Crippen LogP contribution in [0.4, 0.5) is 0 Å². The summed E-state index contributed by atoms with van der Waals surface area (Å²) in [6.45, 7) is 3.76. The quantitative estimate of drug-likeness (QED) is 0.794. The van der Waals surface area contributed by atoms with Gasteiger partial charge in [-0.1, -0.05) is 12.1 Å².